The smallest absolute Gasteiger partial charge is 0.306 e. The van der Waals surface area contributed by atoms with Gasteiger partial charge < -0.3 is 27.9 Å². The van der Waals surface area contributed by atoms with E-state index >= 15 is 0 Å². The number of carbonyl (C=O) groups excluding carboxylic acids is 2. The molecule has 10 heteroatoms. The topological polar surface area (TPSA) is 111 Å². The molecule has 2 atom stereocenters. The van der Waals surface area contributed by atoms with Crippen LogP contribution in [0.5, 0.6) is 0 Å². The second kappa shape index (κ2) is 46.1. The van der Waals surface area contributed by atoms with E-state index in [0.29, 0.717) is 23.9 Å². The van der Waals surface area contributed by atoms with E-state index in [4.69, 9.17) is 18.5 Å². The number of nitrogens with zero attached hydrogens (tertiary/aromatic N) is 1. The first-order valence-corrected chi connectivity index (χ1v) is 27.8. The molecule has 0 amide bonds. The number of ether oxygens (including phenoxy) is 2. The molecule has 9 nitrogen and oxygen atoms in total. The molecule has 0 aliphatic heterocycles. The molecule has 0 radical (unpaired) electrons. The molecule has 0 saturated carbocycles. The van der Waals surface area contributed by atoms with Crippen LogP contribution in [0.2, 0.25) is 0 Å². The van der Waals surface area contributed by atoms with E-state index in [9.17, 15) is 19.0 Å². The molecule has 0 aromatic rings. The SMILES string of the molecule is CCCCC/C=C/C/C=C/CCCCCCCCCC(=O)OC[C@H](COP(=O)([O-])OCC[N+](C)(C)C)OC(=O)CCC/C=C/CC/C=C/CCCCCCCCCCCCCCCC. The fourth-order valence-corrected chi connectivity index (χ4v) is 7.91. The Balaban J connectivity index is 4.29. The zero-order valence-corrected chi connectivity index (χ0v) is 43.1. The Morgan fingerprint density at radius 2 is 0.875 bits per heavy atom. The van der Waals surface area contributed by atoms with Crippen molar-refractivity contribution in [2.24, 2.45) is 0 Å². The van der Waals surface area contributed by atoms with Crippen LogP contribution in [0.1, 0.15) is 232 Å². The lowest BCUT2D eigenvalue weighted by molar-refractivity contribution is -0.870. The molecule has 0 fully saturated rings. The lowest BCUT2D eigenvalue weighted by Crippen LogP contribution is -2.37. The van der Waals surface area contributed by atoms with Gasteiger partial charge in [-0.05, 0) is 77.0 Å². The van der Waals surface area contributed by atoms with Crippen LogP contribution < -0.4 is 4.89 Å². The number of carbonyl (C=O) groups is 2. The summed E-state index contributed by atoms with van der Waals surface area (Å²) in [6.45, 7) is 4.18. The third-order valence-corrected chi connectivity index (χ3v) is 12.3. The minimum Gasteiger partial charge on any atom is -0.756 e. The van der Waals surface area contributed by atoms with Crippen molar-refractivity contribution in [2.75, 3.05) is 47.5 Å². The van der Waals surface area contributed by atoms with Gasteiger partial charge in [0, 0.05) is 12.8 Å². The van der Waals surface area contributed by atoms with Crippen molar-refractivity contribution < 1.29 is 42.1 Å². The largest absolute Gasteiger partial charge is 0.756 e. The van der Waals surface area contributed by atoms with E-state index in [1.54, 1.807) is 0 Å². The molecule has 374 valence electrons. The lowest BCUT2D eigenvalue weighted by atomic mass is 10.0. The summed E-state index contributed by atoms with van der Waals surface area (Å²) in [6, 6.07) is 0. The number of rotatable bonds is 48. The predicted octanol–water partition coefficient (Wildman–Crippen LogP) is 15.2. The number of phosphoric ester groups is 1. The van der Waals surface area contributed by atoms with Crippen LogP contribution in [0.3, 0.4) is 0 Å². The minimum atomic E-state index is -4.64. The van der Waals surface area contributed by atoms with Crippen LogP contribution in [0.15, 0.2) is 48.6 Å². The van der Waals surface area contributed by atoms with Gasteiger partial charge in [-0.25, -0.2) is 0 Å². The van der Waals surface area contributed by atoms with Gasteiger partial charge in [0.15, 0.2) is 6.10 Å². The van der Waals surface area contributed by atoms with Gasteiger partial charge in [0.05, 0.1) is 27.7 Å². The van der Waals surface area contributed by atoms with Crippen LogP contribution in [0.25, 0.3) is 0 Å². The highest BCUT2D eigenvalue weighted by Gasteiger charge is 2.21. The summed E-state index contributed by atoms with van der Waals surface area (Å²) in [4.78, 5) is 37.7. The van der Waals surface area contributed by atoms with Crippen molar-refractivity contribution in [3.05, 3.63) is 48.6 Å². The van der Waals surface area contributed by atoms with Crippen molar-refractivity contribution >= 4 is 19.8 Å². The predicted molar refractivity (Wildman–Crippen MR) is 268 cm³/mol. The zero-order chi connectivity index (χ0) is 47.1. The first kappa shape index (κ1) is 62.0. The van der Waals surface area contributed by atoms with Gasteiger partial charge in [0.1, 0.15) is 19.8 Å². The van der Waals surface area contributed by atoms with Gasteiger partial charge in [-0.3, -0.25) is 14.2 Å². The summed E-state index contributed by atoms with van der Waals surface area (Å²) < 4.78 is 34.0. The number of esters is 2. The number of hydrogen-bond acceptors (Lipinski definition) is 8. The molecule has 1 unspecified atom stereocenters. The highest BCUT2D eigenvalue weighted by Crippen LogP contribution is 2.38. The Labute approximate surface area is 394 Å². The fraction of sp³-hybridized carbons (Fsp3) is 0.815. The maximum absolute atomic E-state index is 12.7. The third kappa shape index (κ3) is 49.4. The summed E-state index contributed by atoms with van der Waals surface area (Å²) >= 11 is 0. The average molecular weight is 922 g/mol. The van der Waals surface area contributed by atoms with E-state index in [1.807, 2.05) is 21.1 Å². The van der Waals surface area contributed by atoms with Crippen LogP contribution in [0.4, 0.5) is 0 Å². The number of quaternary nitrogens is 1. The molecule has 0 aliphatic rings. The summed E-state index contributed by atoms with van der Waals surface area (Å²) in [7, 11) is 1.14. The van der Waals surface area contributed by atoms with Gasteiger partial charge in [-0.1, -0.05) is 191 Å². The molecular weight excluding hydrogens is 822 g/mol. The van der Waals surface area contributed by atoms with Crippen molar-refractivity contribution in [3.8, 4) is 0 Å². The highest BCUT2D eigenvalue weighted by atomic mass is 31.2. The highest BCUT2D eigenvalue weighted by molar-refractivity contribution is 7.45. The number of phosphoric acid groups is 1. The summed E-state index contributed by atoms with van der Waals surface area (Å²) in [5, 5.41) is 0. The first-order valence-electron chi connectivity index (χ1n) is 26.3. The van der Waals surface area contributed by atoms with Crippen molar-refractivity contribution in [1.82, 2.24) is 0 Å². The standard InChI is InChI=1S/C54H100NO8P/c1-6-8-10-12-14-16-18-20-22-24-25-26-27-28-29-31-33-35-37-39-41-43-45-47-54(57)63-52(51-62-64(58,59)61-49-48-55(3,4)5)50-60-53(56)46-44-42-40-38-36-34-32-30-23-21-19-17-15-13-11-9-7-2/h15,17,21,23,31,33,39,41,52H,6-14,16,18-20,22,24-30,32,34-38,40,42-51H2,1-5H3/b17-15+,23-21+,33-31+,41-39+/t52-/m1/s1. The monoisotopic (exact) mass is 922 g/mol. The normalized spacial score (nSPS) is 13.8. The molecular formula is C54H100NO8P. The van der Waals surface area contributed by atoms with E-state index in [2.05, 4.69) is 62.5 Å². The van der Waals surface area contributed by atoms with Crippen molar-refractivity contribution in [1.29, 1.82) is 0 Å². The van der Waals surface area contributed by atoms with Gasteiger partial charge >= 0.3 is 11.9 Å². The Kier molecular flexibility index (Phi) is 44.6. The van der Waals surface area contributed by atoms with Crippen molar-refractivity contribution in [2.45, 2.75) is 238 Å². The van der Waals surface area contributed by atoms with E-state index in [1.165, 1.54) is 135 Å². The first-order chi connectivity index (χ1) is 31.0. The van der Waals surface area contributed by atoms with Gasteiger partial charge in [-0.15, -0.1) is 0 Å². The second-order valence-corrected chi connectivity index (χ2v) is 20.3. The summed E-state index contributed by atoms with van der Waals surface area (Å²) in [5.41, 5.74) is 0. The molecule has 0 saturated heterocycles. The van der Waals surface area contributed by atoms with E-state index in [-0.39, 0.29) is 26.1 Å². The quantitative estimate of drug-likeness (QED) is 0.0195. The molecule has 64 heavy (non-hydrogen) atoms. The van der Waals surface area contributed by atoms with E-state index < -0.39 is 32.5 Å². The second-order valence-electron chi connectivity index (χ2n) is 18.9. The molecule has 0 heterocycles. The molecule has 0 rings (SSSR count). The summed E-state index contributed by atoms with van der Waals surface area (Å²) in [6.07, 6.45) is 55.9. The molecule has 0 aliphatic carbocycles. The Morgan fingerprint density at radius 1 is 0.484 bits per heavy atom. The molecule has 0 spiro atoms. The number of allylic oxidation sites excluding steroid dienone is 8. The van der Waals surface area contributed by atoms with Crippen LogP contribution in [-0.2, 0) is 32.7 Å². The number of unbranched alkanes of at least 4 members (excludes halogenated alkanes) is 26. The van der Waals surface area contributed by atoms with E-state index in [0.717, 1.165) is 57.8 Å². The maximum atomic E-state index is 12.7. The molecule has 0 bridgehead atoms. The zero-order valence-electron chi connectivity index (χ0n) is 42.2. The number of hydrogen-bond donors (Lipinski definition) is 0. The van der Waals surface area contributed by atoms with Crippen LogP contribution >= 0.6 is 7.82 Å². The Bertz CT molecular complexity index is 1230. The summed E-state index contributed by atoms with van der Waals surface area (Å²) in [5.74, 6) is -0.888. The van der Waals surface area contributed by atoms with Gasteiger partial charge in [0.2, 0.25) is 0 Å². The Morgan fingerprint density at radius 3 is 1.38 bits per heavy atom. The van der Waals surface area contributed by atoms with Gasteiger partial charge in [0.25, 0.3) is 7.82 Å². The molecule has 0 aromatic heterocycles. The fourth-order valence-electron chi connectivity index (χ4n) is 7.18. The van der Waals surface area contributed by atoms with Crippen molar-refractivity contribution in [3.63, 3.8) is 0 Å². The minimum absolute atomic E-state index is 0.0399. The van der Waals surface area contributed by atoms with Gasteiger partial charge in [-0.2, -0.15) is 0 Å². The average Bonchev–Trinajstić information content (AvgIpc) is 3.25. The lowest BCUT2D eigenvalue weighted by Gasteiger charge is -2.28. The molecule has 0 aromatic carbocycles. The third-order valence-electron chi connectivity index (χ3n) is 11.3. The van der Waals surface area contributed by atoms with Crippen LogP contribution in [0, 0.1) is 0 Å². The number of likely N-dealkylation sites (N-methyl/N-ethyl adjacent to an activating group) is 1. The van der Waals surface area contributed by atoms with Crippen LogP contribution in [-0.4, -0.2) is 70.0 Å². The maximum Gasteiger partial charge on any atom is 0.306 e. The Hall–Kier alpha value is -2.03. The molecule has 0 N–H and O–H groups in total.